The molecule has 0 amide bonds. The van der Waals surface area contributed by atoms with Gasteiger partial charge in [0.15, 0.2) is 5.11 Å². The maximum Gasteiger partial charge on any atom is 0.171 e. The van der Waals surface area contributed by atoms with E-state index >= 15 is 0 Å². The summed E-state index contributed by atoms with van der Waals surface area (Å²) in [5.41, 5.74) is 4.44. The van der Waals surface area contributed by atoms with Crippen molar-refractivity contribution in [2.24, 2.45) is 5.92 Å². The largest absolute Gasteiger partial charge is 0.372 e. The minimum Gasteiger partial charge on any atom is -0.372 e. The molecular weight excluding hydrogens is 364 g/mol. The van der Waals surface area contributed by atoms with Crippen LogP contribution in [0, 0.1) is 17.2 Å². The summed E-state index contributed by atoms with van der Waals surface area (Å²) in [6, 6.07) is 18.8. The Morgan fingerprint density at radius 1 is 1.14 bits per heavy atom. The van der Waals surface area contributed by atoms with Gasteiger partial charge >= 0.3 is 0 Å². The molecule has 0 radical (unpaired) electrons. The van der Waals surface area contributed by atoms with Crippen molar-refractivity contribution in [3.8, 4) is 6.07 Å². The van der Waals surface area contributed by atoms with Gasteiger partial charge < -0.3 is 15.5 Å². The molecule has 3 rings (SSSR count). The lowest BCUT2D eigenvalue weighted by Gasteiger charge is -2.32. The summed E-state index contributed by atoms with van der Waals surface area (Å²) in [5.74, 6) is 0.843. The number of anilines is 2. The molecule has 0 spiro atoms. The van der Waals surface area contributed by atoms with Gasteiger partial charge in [0.2, 0.25) is 0 Å². The topological polar surface area (TPSA) is 51.1 Å². The Morgan fingerprint density at radius 2 is 1.79 bits per heavy atom. The minimum absolute atomic E-state index is 0.119. The van der Waals surface area contributed by atoms with Crippen LogP contribution in [0.2, 0.25) is 0 Å². The molecule has 2 aromatic rings. The van der Waals surface area contributed by atoms with E-state index in [1.165, 1.54) is 24.1 Å². The molecule has 146 valence electrons. The van der Waals surface area contributed by atoms with Crippen LogP contribution in [0.3, 0.4) is 0 Å². The van der Waals surface area contributed by atoms with Gasteiger partial charge in [0.25, 0.3) is 0 Å². The normalized spacial score (nSPS) is 15.5. The number of nitriles is 1. The van der Waals surface area contributed by atoms with E-state index in [1.54, 1.807) is 0 Å². The summed E-state index contributed by atoms with van der Waals surface area (Å²) < 4.78 is 0. The molecule has 0 saturated carbocycles. The third-order valence-electron chi connectivity index (χ3n) is 5.38. The van der Waals surface area contributed by atoms with Gasteiger partial charge in [-0.1, -0.05) is 31.2 Å². The standard InChI is InChI=1S/C23H28N4S/c1-17-12-15-27(16-13-17)22-9-5-20(6-10-22)18(2)25-23(28)26-21-7-3-19(4-8-21)11-14-24/h3-10,17-18H,11-13,15-16H2,1-2H3,(H2,25,26,28)/t18-/m1/s1. The second-order valence-electron chi connectivity index (χ2n) is 7.61. The van der Waals surface area contributed by atoms with Crippen molar-refractivity contribution < 1.29 is 0 Å². The van der Waals surface area contributed by atoms with Crippen molar-refractivity contribution in [1.82, 2.24) is 5.32 Å². The lowest BCUT2D eigenvalue weighted by Crippen LogP contribution is -2.33. The molecule has 2 N–H and O–H groups in total. The Balaban J connectivity index is 1.53. The lowest BCUT2D eigenvalue weighted by molar-refractivity contribution is 0.438. The molecule has 1 fully saturated rings. The first-order chi connectivity index (χ1) is 13.5. The monoisotopic (exact) mass is 392 g/mol. The van der Waals surface area contributed by atoms with Crippen LogP contribution in [-0.2, 0) is 6.42 Å². The van der Waals surface area contributed by atoms with Crippen molar-refractivity contribution in [2.75, 3.05) is 23.3 Å². The van der Waals surface area contributed by atoms with Crippen molar-refractivity contribution in [1.29, 1.82) is 5.26 Å². The fourth-order valence-corrected chi connectivity index (χ4v) is 3.78. The van der Waals surface area contributed by atoms with Gasteiger partial charge in [0.1, 0.15) is 0 Å². The van der Waals surface area contributed by atoms with E-state index in [4.69, 9.17) is 17.5 Å². The molecule has 28 heavy (non-hydrogen) atoms. The molecule has 2 aromatic carbocycles. The maximum atomic E-state index is 8.74. The number of piperidine rings is 1. The number of thiocarbonyl (C=S) groups is 1. The lowest BCUT2D eigenvalue weighted by atomic mass is 9.98. The first-order valence-electron chi connectivity index (χ1n) is 9.93. The van der Waals surface area contributed by atoms with Crippen LogP contribution in [0.4, 0.5) is 11.4 Å². The second-order valence-corrected chi connectivity index (χ2v) is 8.02. The van der Waals surface area contributed by atoms with E-state index in [1.807, 2.05) is 24.3 Å². The summed E-state index contributed by atoms with van der Waals surface area (Å²) in [6.45, 7) is 6.75. The molecule has 1 atom stereocenters. The summed E-state index contributed by atoms with van der Waals surface area (Å²) in [7, 11) is 0. The van der Waals surface area contributed by atoms with Crippen molar-refractivity contribution in [3.63, 3.8) is 0 Å². The van der Waals surface area contributed by atoms with E-state index in [-0.39, 0.29) is 6.04 Å². The van der Waals surface area contributed by atoms with Crippen LogP contribution in [0.15, 0.2) is 48.5 Å². The third-order valence-corrected chi connectivity index (χ3v) is 5.60. The molecule has 4 nitrogen and oxygen atoms in total. The summed E-state index contributed by atoms with van der Waals surface area (Å²) in [5, 5.41) is 15.9. The number of nitrogens with one attached hydrogen (secondary N) is 2. The van der Waals surface area contributed by atoms with Crippen LogP contribution in [0.1, 0.15) is 43.9 Å². The molecule has 1 aliphatic heterocycles. The number of hydrogen-bond acceptors (Lipinski definition) is 3. The smallest absolute Gasteiger partial charge is 0.171 e. The van der Waals surface area contributed by atoms with E-state index in [0.29, 0.717) is 11.5 Å². The highest BCUT2D eigenvalue weighted by Gasteiger charge is 2.16. The number of nitrogens with zero attached hydrogens (tertiary/aromatic N) is 2. The van der Waals surface area contributed by atoms with E-state index < -0.39 is 0 Å². The van der Waals surface area contributed by atoms with Crippen LogP contribution >= 0.6 is 12.2 Å². The highest BCUT2D eigenvalue weighted by atomic mass is 32.1. The molecule has 0 aromatic heterocycles. The van der Waals surface area contributed by atoms with Crippen molar-refractivity contribution in [3.05, 3.63) is 59.7 Å². The van der Waals surface area contributed by atoms with Gasteiger partial charge in [0.05, 0.1) is 18.5 Å². The Morgan fingerprint density at radius 3 is 2.39 bits per heavy atom. The summed E-state index contributed by atoms with van der Waals surface area (Å²) >= 11 is 5.45. The number of rotatable bonds is 5. The predicted octanol–water partition coefficient (Wildman–Crippen LogP) is 5.04. The SMILES string of the molecule is CC1CCN(c2ccc([C@@H](C)NC(=S)Nc3ccc(CC#N)cc3)cc2)CC1. The zero-order valence-corrected chi connectivity index (χ0v) is 17.4. The van der Waals surface area contributed by atoms with E-state index in [0.717, 1.165) is 30.3 Å². The molecular formula is C23H28N4S. The molecule has 1 aliphatic rings. The van der Waals surface area contributed by atoms with E-state index in [2.05, 4.69) is 59.7 Å². The molecule has 0 unspecified atom stereocenters. The van der Waals surface area contributed by atoms with Gasteiger partial charge in [-0.2, -0.15) is 5.26 Å². The van der Waals surface area contributed by atoms with Crippen molar-refractivity contribution >= 4 is 28.7 Å². The molecule has 0 bridgehead atoms. The van der Waals surface area contributed by atoms with Crippen LogP contribution in [0.25, 0.3) is 0 Å². The average Bonchev–Trinajstić information content (AvgIpc) is 2.70. The fourth-order valence-electron chi connectivity index (χ4n) is 3.48. The summed E-state index contributed by atoms with van der Waals surface area (Å²) in [4.78, 5) is 2.48. The molecule has 5 heteroatoms. The van der Waals surface area contributed by atoms with Crippen LogP contribution in [0.5, 0.6) is 0 Å². The van der Waals surface area contributed by atoms with Crippen LogP contribution < -0.4 is 15.5 Å². The van der Waals surface area contributed by atoms with Gasteiger partial charge in [-0.3, -0.25) is 0 Å². The molecule has 1 saturated heterocycles. The predicted molar refractivity (Wildman–Crippen MR) is 121 cm³/mol. The Kier molecular flexibility index (Phi) is 6.89. The molecule has 1 heterocycles. The zero-order valence-electron chi connectivity index (χ0n) is 16.6. The Labute approximate surface area is 173 Å². The highest BCUT2D eigenvalue weighted by Crippen LogP contribution is 2.24. The Bertz CT molecular complexity index is 815. The van der Waals surface area contributed by atoms with Crippen molar-refractivity contribution in [2.45, 2.75) is 39.2 Å². The fraction of sp³-hybridized carbons (Fsp3) is 0.391. The maximum absolute atomic E-state index is 8.74. The first-order valence-corrected chi connectivity index (χ1v) is 10.3. The first kappa shape index (κ1) is 20.2. The van der Waals surface area contributed by atoms with Gasteiger partial charge in [-0.25, -0.2) is 0 Å². The van der Waals surface area contributed by atoms with Gasteiger partial charge in [0, 0.05) is 24.5 Å². The average molecular weight is 393 g/mol. The third kappa shape index (κ3) is 5.46. The summed E-state index contributed by atoms with van der Waals surface area (Å²) in [6.07, 6.45) is 2.97. The second kappa shape index (κ2) is 9.57. The van der Waals surface area contributed by atoms with Gasteiger partial charge in [-0.05, 0) is 73.3 Å². The van der Waals surface area contributed by atoms with E-state index in [9.17, 15) is 0 Å². The minimum atomic E-state index is 0.119. The van der Waals surface area contributed by atoms with Crippen LogP contribution in [-0.4, -0.2) is 18.2 Å². The van der Waals surface area contributed by atoms with Gasteiger partial charge in [-0.15, -0.1) is 0 Å². The number of benzene rings is 2. The highest BCUT2D eigenvalue weighted by molar-refractivity contribution is 7.80. The molecule has 0 aliphatic carbocycles. The quantitative estimate of drug-likeness (QED) is 0.699. The number of hydrogen-bond donors (Lipinski definition) is 2. The zero-order chi connectivity index (χ0) is 19.9. The Hall–Kier alpha value is -2.58.